The van der Waals surface area contributed by atoms with Crippen molar-refractivity contribution in [2.45, 2.75) is 82.9 Å². The zero-order chi connectivity index (χ0) is 31.3. The molecule has 228 valence electrons. The highest BCUT2D eigenvalue weighted by Gasteiger charge is 2.45. The number of phenols is 2. The maximum atomic E-state index is 13.7. The third-order valence-corrected chi connectivity index (χ3v) is 9.32. The van der Waals surface area contributed by atoms with E-state index in [1.807, 2.05) is 6.92 Å². The predicted molar refractivity (Wildman–Crippen MR) is 164 cm³/mol. The van der Waals surface area contributed by atoms with E-state index in [0.717, 1.165) is 18.9 Å². The van der Waals surface area contributed by atoms with E-state index in [1.165, 1.54) is 28.2 Å². The number of rotatable bonds is 8. The lowest BCUT2D eigenvalue weighted by molar-refractivity contribution is -0.0597. The molecule has 4 N–H and O–H groups in total. The van der Waals surface area contributed by atoms with Crippen LogP contribution in [-0.4, -0.2) is 45.9 Å². The number of anilines is 1. The van der Waals surface area contributed by atoms with E-state index >= 15 is 0 Å². The summed E-state index contributed by atoms with van der Waals surface area (Å²) in [5, 5.41) is 33.3. The fourth-order valence-electron chi connectivity index (χ4n) is 5.99. The lowest BCUT2D eigenvalue weighted by Gasteiger charge is -2.40. The number of fused-ring (bicyclic) bond motifs is 4. The van der Waals surface area contributed by atoms with Gasteiger partial charge < -0.3 is 20.1 Å². The zero-order valence-corrected chi connectivity index (χ0v) is 25.5. The van der Waals surface area contributed by atoms with Crippen LogP contribution in [0.3, 0.4) is 0 Å². The van der Waals surface area contributed by atoms with Gasteiger partial charge in [0.2, 0.25) is 0 Å². The number of phenolic OH excluding ortho intramolecular Hbond substituents is 2. The maximum absolute atomic E-state index is 13.7. The Kier molecular flexibility index (Phi) is 8.06. The molecule has 0 saturated carbocycles. The summed E-state index contributed by atoms with van der Waals surface area (Å²) in [6.07, 6.45) is 6.70. The molecule has 2 heterocycles. The number of hydrogen-bond donors (Lipinski definition) is 4. The molecule has 0 radical (unpaired) electrons. The average molecular weight is 608 g/mol. The highest BCUT2D eigenvalue weighted by molar-refractivity contribution is 7.86. The summed E-state index contributed by atoms with van der Waals surface area (Å²) in [6.45, 7) is 8.04. The summed E-state index contributed by atoms with van der Waals surface area (Å²) in [4.78, 5) is 14.6. The number of aliphatic hydroxyl groups is 1. The maximum Gasteiger partial charge on any atom is 0.295 e. The van der Waals surface area contributed by atoms with Gasteiger partial charge in [-0.3, -0.25) is 14.2 Å². The first-order valence-corrected chi connectivity index (χ1v) is 15.7. The lowest BCUT2D eigenvalue weighted by Crippen LogP contribution is -2.49. The molecular weight excluding hydrogens is 570 g/mol. The minimum atomic E-state index is -4.66. The molecule has 5 rings (SSSR count). The van der Waals surface area contributed by atoms with Gasteiger partial charge in [-0.05, 0) is 59.4 Å². The summed E-state index contributed by atoms with van der Waals surface area (Å²) in [5.41, 5.74) is 2.72. The Morgan fingerprint density at radius 2 is 1.74 bits per heavy atom. The summed E-state index contributed by atoms with van der Waals surface area (Å²) in [6, 6.07) is 8.54. The number of benzene rings is 3. The summed E-state index contributed by atoms with van der Waals surface area (Å²) in [5.74, 6) is -0.852. The average Bonchev–Trinajstić information content (AvgIpc) is 3.24. The van der Waals surface area contributed by atoms with Crippen LogP contribution < -0.4 is 9.64 Å². The van der Waals surface area contributed by atoms with Gasteiger partial charge in [0.25, 0.3) is 16.0 Å². The highest BCUT2D eigenvalue weighted by atomic mass is 32.2. The summed E-state index contributed by atoms with van der Waals surface area (Å²) in [7, 11) is -4.66. The minimum Gasteiger partial charge on any atom is -0.508 e. The first kappa shape index (κ1) is 30.6. The number of carbonyl (C=O) groups is 1. The van der Waals surface area contributed by atoms with Crippen molar-refractivity contribution in [2.75, 3.05) is 4.90 Å². The van der Waals surface area contributed by atoms with E-state index in [2.05, 4.69) is 32.9 Å². The third kappa shape index (κ3) is 5.74. The molecule has 0 spiro atoms. The van der Waals surface area contributed by atoms with Gasteiger partial charge in [-0.15, -0.1) is 0 Å². The summed E-state index contributed by atoms with van der Waals surface area (Å²) < 4.78 is 40.3. The largest absolute Gasteiger partial charge is 0.508 e. The normalized spacial score (nSPS) is 20.1. The topological polar surface area (TPSA) is 145 Å². The number of aromatic hydroxyl groups is 2. The molecule has 0 bridgehead atoms. The smallest absolute Gasteiger partial charge is 0.295 e. The van der Waals surface area contributed by atoms with Crippen LogP contribution in [0, 0.1) is 0 Å². The number of carbonyl (C=O) groups excluding carboxylic acids is 1. The Labute approximate surface area is 251 Å². The van der Waals surface area contributed by atoms with Crippen molar-refractivity contribution in [2.24, 2.45) is 0 Å². The number of hydrogen-bond acceptors (Lipinski definition) is 7. The molecule has 2 aliphatic heterocycles. The van der Waals surface area contributed by atoms with Crippen LogP contribution >= 0.6 is 0 Å². The molecule has 2 atom stereocenters. The first-order valence-electron chi connectivity index (χ1n) is 14.3. The molecule has 9 nitrogen and oxygen atoms in total. The van der Waals surface area contributed by atoms with Crippen LogP contribution in [0.5, 0.6) is 17.2 Å². The molecular formula is C33H37NO8S. The van der Waals surface area contributed by atoms with Crippen molar-refractivity contribution >= 4 is 32.5 Å². The van der Waals surface area contributed by atoms with Gasteiger partial charge in [0.05, 0.1) is 23.9 Å². The molecule has 0 aliphatic carbocycles. The molecule has 1 amide bonds. The second-order valence-corrected chi connectivity index (χ2v) is 13.3. The van der Waals surface area contributed by atoms with Crippen LogP contribution in [0.15, 0.2) is 64.6 Å². The standard InChI is InChI=1S/C33H37NO8S/c1-19(2)9-7-10-20(3)11-8-14-33(4)29(37)16-24-26(35)15-23-25(31(24)42-33)18-34(32(23)38)30-22-13-6-5-12-21(22)28(17-27(30)36)43(39,40)41/h5-6,9,11-13,15,17,29,35-37H,7-8,10,14,16,18H2,1-4H3,(H,39,40,41)/b20-11+. The van der Waals surface area contributed by atoms with Crippen molar-refractivity contribution < 1.29 is 37.8 Å². The van der Waals surface area contributed by atoms with Crippen LogP contribution in [0.4, 0.5) is 5.69 Å². The Morgan fingerprint density at radius 1 is 1.05 bits per heavy atom. The number of allylic oxidation sites excluding steroid dienone is 4. The molecule has 3 aromatic rings. The SMILES string of the molecule is CC(C)=CCC/C(C)=C/CCC1(C)Oc2c(c(O)cc3c2CN(c2c(O)cc(S(=O)(=O)O)c4ccccc24)C3=O)CC1O. The molecule has 10 heteroatoms. The van der Waals surface area contributed by atoms with Crippen LogP contribution in [0.25, 0.3) is 10.8 Å². The second-order valence-electron chi connectivity index (χ2n) is 11.9. The van der Waals surface area contributed by atoms with Gasteiger partial charge >= 0.3 is 0 Å². The lowest BCUT2D eigenvalue weighted by atomic mass is 9.84. The van der Waals surface area contributed by atoms with Crippen LogP contribution in [-0.2, 0) is 23.1 Å². The molecule has 3 aromatic carbocycles. The fourth-order valence-corrected chi connectivity index (χ4v) is 6.71. The van der Waals surface area contributed by atoms with Gasteiger partial charge in [-0.2, -0.15) is 8.42 Å². The van der Waals surface area contributed by atoms with Gasteiger partial charge in [-0.25, -0.2) is 0 Å². The number of amides is 1. The van der Waals surface area contributed by atoms with Crippen molar-refractivity contribution in [3.63, 3.8) is 0 Å². The number of ether oxygens (including phenoxy) is 1. The predicted octanol–water partition coefficient (Wildman–Crippen LogP) is 6.19. The van der Waals surface area contributed by atoms with E-state index in [9.17, 15) is 33.1 Å². The Bertz CT molecular complexity index is 1790. The van der Waals surface area contributed by atoms with Crippen LogP contribution in [0.2, 0.25) is 0 Å². The zero-order valence-electron chi connectivity index (χ0n) is 24.7. The van der Waals surface area contributed by atoms with E-state index in [-0.39, 0.29) is 40.7 Å². The van der Waals surface area contributed by atoms with Gasteiger partial charge in [0, 0.05) is 34.4 Å². The van der Waals surface area contributed by atoms with Crippen molar-refractivity contribution in [3.8, 4) is 17.2 Å². The Hall–Kier alpha value is -3.86. The van der Waals surface area contributed by atoms with E-state index in [0.29, 0.717) is 29.7 Å². The van der Waals surface area contributed by atoms with Crippen molar-refractivity contribution in [1.82, 2.24) is 0 Å². The van der Waals surface area contributed by atoms with Gasteiger partial charge in [0.1, 0.15) is 27.7 Å². The van der Waals surface area contributed by atoms with Crippen LogP contribution in [0.1, 0.15) is 74.9 Å². The number of aliphatic hydroxyl groups excluding tert-OH is 1. The first-order chi connectivity index (χ1) is 20.2. The molecule has 0 fully saturated rings. The van der Waals surface area contributed by atoms with Crippen molar-refractivity contribution in [1.29, 1.82) is 0 Å². The molecule has 2 aliphatic rings. The molecule has 43 heavy (non-hydrogen) atoms. The quantitative estimate of drug-likeness (QED) is 0.175. The minimum absolute atomic E-state index is 0.0187. The second kappa shape index (κ2) is 11.3. The Morgan fingerprint density at radius 3 is 2.42 bits per heavy atom. The third-order valence-electron chi connectivity index (χ3n) is 8.42. The van der Waals surface area contributed by atoms with E-state index < -0.39 is 38.4 Å². The molecule has 0 aromatic heterocycles. The molecule has 2 unspecified atom stereocenters. The van der Waals surface area contributed by atoms with Gasteiger partial charge in [-0.1, -0.05) is 47.6 Å². The van der Waals surface area contributed by atoms with Gasteiger partial charge in [0.15, 0.2) is 0 Å². The van der Waals surface area contributed by atoms with Crippen molar-refractivity contribution in [3.05, 3.63) is 76.4 Å². The number of nitrogens with zero attached hydrogens (tertiary/aromatic N) is 1. The van der Waals surface area contributed by atoms with E-state index in [1.54, 1.807) is 18.2 Å². The fraction of sp³-hybridized carbons (Fsp3) is 0.364. The Balaban J connectivity index is 1.48. The monoisotopic (exact) mass is 607 g/mol. The highest BCUT2D eigenvalue weighted by Crippen LogP contribution is 2.49. The molecule has 0 saturated heterocycles. The van der Waals surface area contributed by atoms with E-state index in [4.69, 9.17) is 4.74 Å². The summed E-state index contributed by atoms with van der Waals surface area (Å²) >= 11 is 0.